The molecule has 0 saturated heterocycles. The summed E-state index contributed by atoms with van der Waals surface area (Å²) in [6, 6.07) is 20.1. The summed E-state index contributed by atoms with van der Waals surface area (Å²) < 4.78 is 6.44. The zero-order valence-electron chi connectivity index (χ0n) is 14.1. The molecular formula is C23H22O. The SMILES string of the molecule is Cc1ccc2cc3c(c(-c4ccccc4)c2c1)C1(CCCC1)OC3. The van der Waals surface area contributed by atoms with Crippen LogP contribution in [0, 0.1) is 6.92 Å². The molecule has 0 atom stereocenters. The fourth-order valence-electron chi connectivity index (χ4n) is 4.74. The number of aryl methyl sites for hydroxylation is 1. The first kappa shape index (κ1) is 14.2. The maximum absolute atomic E-state index is 6.44. The van der Waals surface area contributed by atoms with Crippen molar-refractivity contribution in [2.45, 2.75) is 44.8 Å². The molecule has 5 rings (SSSR count). The van der Waals surface area contributed by atoms with Crippen molar-refractivity contribution in [1.82, 2.24) is 0 Å². The molecule has 3 aromatic carbocycles. The Morgan fingerprint density at radius 1 is 0.917 bits per heavy atom. The molecule has 2 aliphatic rings. The minimum Gasteiger partial charge on any atom is -0.366 e. The molecular weight excluding hydrogens is 292 g/mol. The van der Waals surface area contributed by atoms with Crippen LogP contribution in [-0.2, 0) is 16.9 Å². The maximum atomic E-state index is 6.44. The van der Waals surface area contributed by atoms with Crippen LogP contribution in [0.5, 0.6) is 0 Å². The van der Waals surface area contributed by atoms with Crippen molar-refractivity contribution in [3.63, 3.8) is 0 Å². The second kappa shape index (κ2) is 5.19. The average Bonchev–Trinajstić information content (AvgIpc) is 3.22. The summed E-state index contributed by atoms with van der Waals surface area (Å²) in [5.41, 5.74) is 6.88. The standard InChI is InChI=1S/C23H22O/c1-16-9-10-18-14-19-15-24-23(11-5-6-12-23)22(19)21(20(18)13-16)17-7-3-2-4-8-17/h2-4,7-10,13-14H,5-6,11-12,15H2,1H3. The van der Waals surface area contributed by atoms with Gasteiger partial charge < -0.3 is 4.74 Å². The van der Waals surface area contributed by atoms with Gasteiger partial charge in [0, 0.05) is 0 Å². The number of benzene rings is 3. The third kappa shape index (κ3) is 1.98. The lowest BCUT2D eigenvalue weighted by Gasteiger charge is -2.27. The second-order valence-electron chi connectivity index (χ2n) is 7.37. The van der Waals surface area contributed by atoms with E-state index in [1.165, 1.54) is 51.4 Å². The summed E-state index contributed by atoms with van der Waals surface area (Å²) in [5.74, 6) is 0. The Balaban J connectivity index is 1.91. The molecule has 1 nitrogen and oxygen atoms in total. The Morgan fingerprint density at radius 3 is 2.50 bits per heavy atom. The molecule has 0 aromatic heterocycles. The smallest absolute Gasteiger partial charge is 0.0945 e. The molecule has 1 aliphatic heterocycles. The Kier molecular flexibility index (Phi) is 3.08. The molecule has 120 valence electrons. The van der Waals surface area contributed by atoms with Crippen LogP contribution in [0.2, 0.25) is 0 Å². The predicted molar refractivity (Wildman–Crippen MR) is 99.1 cm³/mol. The highest BCUT2D eigenvalue weighted by Crippen LogP contribution is 2.53. The molecule has 1 heterocycles. The lowest BCUT2D eigenvalue weighted by molar-refractivity contribution is -0.0321. The topological polar surface area (TPSA) is 9.23 Å². The number of hydrogen-bond acceptors (Lipinski definition) is 1. The molecule has 1 aliphatic carbocycles. The van der Waals surface area contributed by atoms with Gasteiger partial charge in [0.25, 0.3) is 0 Å². The van der Waals surface area contributed by atoms with Crippen LogP contribution in [0.4, 0.5) is 0 Å². The Bertz CT molecular complexity index is 918. The van der Waals surface area contributed by atoms with Gasteiger partial charge in [-0.15, -0.1) is 0 Å². The Morgan fingerprint density at radius 2 is 1.71 bits per heavy atom. The van der Waals surface area contributed by atoms with Crippen LogP contribution in [0.1, 0.15) is 42.4 Å². The largest absolute Gasteiger partial charge is 0.366 e. The molecule has 0 unspecified atom stereocenters. The van der Waals surface area contributed by atoms with Gasteiger partial charge in [0.15, 0.2) is 0 Å². The molecule has 1 saturated carbocycles. The normalized spacial score (nSPS) is 18.4. The minimum atomic E-state index is -0.0432. The van der Waals surface area contributed by atoms with Crippen LogP contribution in [0.15, 0.2) is 54.6 Å². The van der Waals surface area contributed by atoms with Gasteiger partial charge in [-0.05, 0) is 58.9 Å². The quantitative estimate of drug-likeness (QED) is 0.526. The van der Waals surface area contributed by atoms with E-state index in [9.17, 15) is 0 Å². The molecule has 0 radical (unpaired) electrons. The number of ether oxygens (including phenoxy) is 1. The summed E-state index contributed by atoms with van der Waals surface area (Å²) >= 11 is 0. The van der Waals surface area contributed by atoms with E-state index < -0.39 is 0 Å². The summed E-state index contributed by atoms with van der Waals surface area (Å²) in [6.45, 7) is 2.95. The number of hydrogen-bond donors (Lipinski definition) is 0. The molecule has 0 bridgehead atoms. The van der Waals surface area contributed by atoms with Crippen LogP contribution in [0.3, 0.4) is 0 Å². The van der Waals surface area contributed by atoms with Crippen molar-refractivity contribution in [2.24, 2.45) is 0 Å². The van der Waals surface area contributed by atoms with Crippen molar-refractivity contribution < 1.29 is 4.74 Å². The van der Waals surface area contributed by atoms with Gasteiger partial charge >= 0.3 is 0 Å². The van der Waals surface area contributed by atoms with Crippen LogP contribution in [0.25, 0.3) is 21.9 Å². The molecule has 1 fully saturated rings. The molecule has 3 aromatic rings. The van der Waals surface area contributed by atoms with Gasteiger partial charge in [-0.1, -0.05) is 66.9 Å². The van der Waals surface area contributed by atoms with Crippen molar-refractivity contribution in [2.75, 3.05) is 0 Å². The first-order chi connectivity index (χ1) is 11.8. The Hall–Kier alpha value is -2.12. The van der Waals surface area contributed by atoms with Gasteiger partial charge in [0.1, 0.15) is 0 Å². The van der Waals surface area contributed by atoms with Crippen molar-refractivity contribution in [1.29, 1.82) is 0 Å². The molecule has 1 spiro atoms. The molecule has 0 amide bonds. The van der Waals surface area contributed by atoms with Crippen LogP contribution < -0.4 is 0 Å². The van der Waals surface area contributed by atoms with Gasteiger partial charge in [0.2, 0.25) is 0 Å². The highest BCUT2D eigenvalue weighted by atomic mass is 16.5. The van der Waals surface area contributed by atoms with Gasteiger partial charge in [0.05, 0.1) is 12.2 Å². The molecule has 1 heteroatoms. The lowest BCUT2D eigenvalue weighted by atomic mass is 9.81. The third-order valence-corrected chi connectivity index (χ3v) is 5.81. The van der Waals surface area contributed by atoms with E-state index in [1.54, 1.807) is 0 Å². The summed E-state index contributed by atoms with van der Waals surface area (Å²) in [6.07, 6.45) is 4.88. The first-order valence-electron chi connectivity index (χ1n) is 9.03. The predicted octanol–water partition coefficient (Wildman–Crippen LogP) is 6.11. The third-order valence-electron chi connectivity index (χ3n) is 5.81. The summed E-state index contributed by atoms with van der Waals surface area (Å²) in [7, 11) is 0. The van der Waals surface area contributed by atoms with E-state index in [4.69, 9.17) is 4.74 Å². The first-order valence-corrected chi connectivity index (χ1v) is 9.03. The van der Waals surface area contributed by atoms with E-state index in [0.29, 0.717) is 0 Å². The summed E-state index contributed by atoms with van der Waals surface area (Å²) in [5, 5.41) is 2.70. The maximum Gasteiger partial charge on any atom is 0.0945 e. The van der Waals surface area contributed by atoms with Gasteiger partial charge in [-0.2, -0.15) is 0 Å². The number of rotatable bonds is 1. The zero-order chi connectivity index (χ0) is 16.1. The fourth-order valence-corrected chi connectivity index (χ4v) is 4.74. The average molecular weight is 314 g/mol. The summed E-state index contributed by atoms with van der Waals surface area (Å²) in [4.78, 5) is 0. The molecule has 24 heavy (non-hydrogen) atoms. The Labute approximate surface area is 143 Å². The van der Waals surface area contributed by atoms with E-state index in [1.807, 2.05) is 0 Å². The highest BCUT2D eigenvalue weighted by Gasteiger charge is 2.44. The minimum absolute atomic E-state index is 0.0432. The zero-order valence-corrected chi connectivity index (χ0v) is 14.1. The highest BCUT2D eigenvalue weighted by molar-refractivity contribution is 6.00. The van der Waals surface area contributed by atoms with Crippen molar-refractivity contribution in [3.8, 4) is 11.1 Å². The van der Waals surface area contributed by atoms with E-state index in [2.05, 4.69) is 61.5 Å². The van der Waals surface area contributed by atoms with Crippen LogP contribution >= 0.6 is 0 Å². The number of fused-ring (bicyclic) bond motifs is 3. The van der Waals surface area contributed by atoms with E-state index in [-0.39, 0.29) is 5.60 Å². The van der Waals surface area contributed by atoms with Gasteiger partial charge in [-0.3, -0.25) is 0 Å². The monoisotopic (exact) mass is 314 g/mol. The molecule has 0 N–H and O–H groups in total. The van der Waals surface area contributed by atoms with E-state index >= 15 is 0 Å². The fraction of sp³-hybridized carbons (Fsp3) is 0.304. The second-order valence-corrected chi connectivity index (χ2v) is 7.37. The van der Waals surface area contributed by atoms with Crippen LogP contribution in [-0.4, -0.2) is 0 Å². The van der Waals surface area contributed by atoms with Crippen molar-refractivity contribution >= 4 is 10.8 Å². The van der Waals surface area contributed by atoms with E-state index in [0.717, 1.165) is 19.4 Å². The lowest BCUT2D eigenvalue weighted by Crippen LogP contribution is -2.21. The van der Waals surface area contributed by atoms with Crippen molar-refractivity contribution in [3.05, 3.63) is 71.3 Å². The van der Waals surface area contributed by atoms with Gasteiger partial charge in [-0.25, -0.2) is 0 Å².